The largest absolute Gasteiger partial charge is 0.385 e. The number of ether oxygens (including phenoxy) is 1. The maximum Gasteiger partial charge on any atom is 0.261 e. The minimum absolute atomic E-state index is 0.0702. The Hall–Kier alpha value is -2.70. The number of fused-ring (bicyclic) bond motifs is 3. The summed E-state index contributed by atoms with van der Waals surface area (Å²) in [6, 6.07) is 9.51. The molecule has 0 amide bonds. The molecule has 0 bridgehead atoms. The maximum absolute atomic E-state index is 12.8. The summed E-state index contributed by atoms with van der Waals surface area (Å²) in [4.78, 5) is 17.3. The number of pyridine rings is 1. The number of nitrogens with zero attached hydrogens (tertiary/aromatic N) is 4. The molecule has 6 nitrogen and oxygen atoms in total. The summed E-state index contributed by atoms with van der Waals surface area (Å²) in [6.07, 6.45) is 4.22. The quantitative estimate of drug-likeness (QED) is 0.494. The van der Waals surface area contributed by atoms with Gasteiger partial charge in [0.15, 0.2) is 5.65 Å². The highest BCUT2D eigenvalue weighted by atomic mass is 35.5. The minimum Gasteiger partial charge on any atom is -0.385 e. The van der Waals surface area contributed by atoms with Crippen LogP contribution >= 0.6 is 11.6 Å². The van der Waals surface area contributed by atoms with E-state index in [9.17, 15) is 4.79 Å². The molecule has 27 heavy (non-hydrogen) atoms. The number of rotatable bonds is 5. The van der Waals surface area contributed by atoms with Gasteiger partial charge >= 0.3 is 0 Å². The molecule has 0 aliphatic rings. The number of methoxy groups -OCH3 is 1. The SMILES string of the molecule is COCCCn1ccc2c(cnc3c(-c4ccc(Cl)cc4)c(C)nn32)c1=O. The van der Waals surface area contributed by atoms with Crippen LogP contribution in [0.1, 0.15) is 12.1 Å². The smallest absolute Gasteiger partial charge is 0.261 e. The molecule has 0 aliphatic carbocycles. The highest BCUT2D eigenvalue weighted by Crippen LogP contribution is 2.29. The molecule has 3 heterocycles. The third-order valence-corrected chi connectivity index (χ3v) is 4.89. The van der Waals surface area contributed by atoms with Gasteiger partial charge in [-0.3, -0.25) is 4.79 Å². The van der Waals surface area contributed by atoms with Crippen LogP contribution in [-0.4, -0.2) is 32.9 Å². The highest BCUT2D eigenvalue weighted by molar-refractivity contribution is 6.30. The van der Waals surface area contributed by atoms with E-state index in [1.165, 1.54) is 0 Å². The molecule has 7 heteroatoms. The molecule has 1 aromatic carbocycles. The average molecular weight is 383 g/mol. The van der Waals surface area contributed by atoms with Crippen LogP contribution in [0, 0.1) is 6.92 Å². The molecule has 0 unspecified atom stereocenters. The van der Waals surface area contributed by atoms with Crippen LogP contribution in [0.3, 0.4) is 0 Å². The van der Waals surface area contributed by atoms with Gasteiger partial charge < -0.3 is 9.30 Å². The molecule has 0 atom stereocenters. The molecule has 4 aromatic rings. The van der Waals surface area contributed by atoms with E-state index in [0.29, 0.717) is 23.6 Å². The Morgan fingerprint density at radius 2 is 1.96 bits per heavy atom. The summed E-state index contributed by atoms with van der Waals surface area (Å²) >= 11 is 6.01. The first-order chi connectivity index (χ1) is 13.1. The lowest BCUT2D eigenvalue weighted by Crippen LogP contribution is -2.21. The van der Waals surface area contributed by atoms with Crippen LogP contribution in [0.25, 0.3) is 27.7 Å². The van der Waals surface area contributed by atoms with Gasteiger partial charge in [-0.15, -0.1) is 0 Å². The molecule has 4 rings (SSSR count). The van der Waals surface area contributed by atoms with Crippen molar-refractivity contribution in [3.8, 4) is 11.1 Å². The number of aromatic nitrogens is 4. The third kappa shape index (κ3) is 3.11. The van der Waals surface area contributed by atoms with Gasteiger partial charge in [-0.25, -0.2) is 9.50 Å². The summed E-state index contributed by atoms with van der Waals surface area (Å²) in [5.41, 5.74) is 4.18. The maximum atomic E-state index is 12.8. The predicted octanol–water partition coefficient (Wildman–Crippen LogP) is 3.71. The van der Waals surface area contributed by atoms with Crippen LogP contribution in [0.5, 0.6) is 0 Å². The minimum atomic E-state index is -0.0702. The zero-order chi connectivity index (χ0) is 19.0. The van der Waals surface area contributed by atoms with E-state index in [2.05, 4.69) is 10.1 Å². The Kier molecular flexibility index (Phi) is 4.68. The van der Waals surface area contributed by atoms with E-state index in [4.69, 9.17) is 16.3 Å². The Bertz CT molecular complexity index is 1180. The van der Waals surface area contributed by atoms with Gasteiger partial charge in [0, 0.05) is 43.2 Å². The van der Waals surface area contributed by atoms with Gasteiger partial charge in [0.1, 0.15) is 0 Å². The van der Waals surface area contributed by atoms with Gasteiger partial charge in [0.2, 0.25) is 0 Å². The van der Waals surface area contributed by atoms with Gasteiger partial charge in [0.25, 0.3) is 5.56 Å². The first kappa shape index (κ1) is 17.7. The Labute approximate surface area is 161 Å². The summed E-state index contributed by atoms with van der Waals surface area (Å²) in [6.45, 7) is 3.16. The van der Waals surface area contributed by atoms with Crippen molar-refractivity contribution < 1.29 is 4.74 Å². The van der Waals surface area contributed by atoms with Crippen molar-refractivity contribution in [1.82, 2.24) is 19.2 Å². The summed E-state index contributed by atoms with van der Waals surface area (Å²) < 4.78 is 8.50. The zero-order valence-corrected chi connectivity index (χ0v) is 15.9. The van der Waals surface area contributed by atoms with Gasteiger partial charge in [-0.2, -0.15) is 5.10 Å². The molecule has 0 spiro atoms. The lowest BCUT2D eigenvalue weighted by atomic mass is 10.1. The molecule has 0 radical (unpaired) electrons. The fourth-order valence-corrected chi connectivity index (χ4v) is 3.45. The van der Waals surface area contributed by atoms with Crippen LogP contribution in [0.2, 0.25) is 5.02 Å². The van der Waals surface area contributed by atoms with Crippen molar-refractivity contribution in [1.29, 1.82) is 0 Å². The van der Waals surface area contributed by atoms with Crippen molar-refractivity contribution in [2.75, 3.05) is 13.7 Å². The van der Waals surface area contributed by atoms with Crippen LogP contribution < -0.4 is 5.56 Å². The molecular weight excluding hydrogens is 364 g/mol. The van der Waals surface area contributed by atoms with Crippen molar-refractivity contribution in [2.45, 2.75) is 19.9 Å². The van der Waals surface area contributed by atoms with E-state index >= 15 is 0 Å². The van der Waals surface area contributed by atoms with Crippen LogP contribution in [0.15, 0.2) is 47.5 Å². The normalized spacial score (nSPS) is 11.5. The Morgan fingerprint density at radius 1 is 1.19 bits per heavy atom. The van der Waals surface area contributed by atoms with Crippen molar-refractivity contribution >= 4 is 28.2 Å². The molecular formula is C20H19ClN4O2. The summed E-state index contributed by atoms with van der Waals surface area (Å²) in [5, 5.41) is 5.87. The molecule has 0 N–H and O–H groups in total. The second kappa shape index (κ2) is 7.13. The summed E-state index contributed by atoms with van der Waals surface area (Å²) in [7, 11) is 1.65. The van der Waals surface area contributed by atoms with Crippen molar-refractivity contribution in [3.05, 3.63) is 63.8 Å². The predicted molar refractivity (Wildman–Crippen MR) is 106 cm³/mol. The first-order valence-electron chi connectivity index (χ1n) is 8.72. The molecule has 0 fully saturated rings. The highest BCUT2D eigenvalue weighted by Gasteiger charge is 2.16. The first-order valence-corrected chi connectivity index (χ1v) is 9.10. The topological polar surface area (TPSA) is 61.4 Å². The average Bonchev–Trinajstić information content (AvgIpc) is 3.00. The lowest BCUT2D eigenvalue weighted by molar-refractivity contribution is 0.190. The number of hydrogen-bond acceptors (Lipinski definition) is 4. The van der Waals surface area contributed by atoms with Crippen molar-refractivity contribution in [3.63, 3.8) is 0 Å². The van der Waals surface area contributed by atoms with Gasteiger partial charge in [0.05, 0.1) is 16.6 Å². The number of aryl methyl sites for hydroxylation is 2. The summed E-state index contributed by atoms with van der Waals surface area (Å²) in [5.74, 6) is 0. The second-order valence-electron chi connectivity index (χ2n) is 6.42. The van der Waals surface area contributed by atoms with E-state index in [1.807, 2.05) is 37.3 Å². The van der Waals surface area contributed by atoms with E-state index in [1.54, 1.807) is 28.6 Å². The fraction of sp³-hybridized carbons (Fsp3) is 0.250. The van der Waals surface area contributed by atoms with Crippen LogP contribution in [0.4, 0.5) is 0 Å². The monoisotopic (exact) mass is 382 g/mol. The molecule has 138 valence electrons. The number of benzene rings is 1. The van der Waals surface area contributed by atoms with Gasteiger partial charge in [-0.05, 0) is 37.1 Å². The fourth-order valence-electron chi connectivity index (χ4n) is 3.33. The van der Waals surface area contributed by atoms with E-state index < -0.39 is 0 Å². The number of hydrogen-bond donors (Lipinski definition) is 0. The molecule has 3 aromatic heterocycles. The lowest BCUT2D eigenvalue weighted by Gasteiger charge is -2.08. The van der Waals surface area contributed by atoms with Crippen LogP contribution in [-0.2, 0) is 11.3 Å². The molecule has 0 saturated carbocycles. The number of halogens is 1. The molecule has 0 saturated heterocycles. The third-order valence-electron chi connectivity index (χ3n) is 4.64. The molecule has 0 aliphatic heterocycles. The van der Waals surface area contributed by atoms with Crippen molar-refractivity contribution in [2.24, 2.45) is 0 Å². The second-order valence-corrected chi connectivity index (χ2v) is 6.86. The van der Waals surface area contributed by atoms with Gasteiger partial charge in [-0.1, -0.05) is 23.7 Å². The standard InChI is InChI=1S/C20H19ClN4O2/c1-13-18(14-4-6-15(21)7-5-14)19-22-12-16-17(25(19)23-13)8-10-24(20(16)26)9-3-11-27-2/h4-8,10,12H,3,9,11H2,1-2H3. The van der Waals surface area contributed by atoms with E-state index in [0.717, 1.165) is 34.4 Å². The Balaban J connectivity index is 1.87. The Morgan fingerprint density at radius 3 is 2.70 bits per heavy atom. The zero-order valence-electron chi connectivity index (χ0n) is 15.1. The van der Waals surface area contributed by atoms with E-state index in [-0.39, 0.29) is 5.56 Å².